The summed E-state index contributed by atoms with van der Waals surface area (Å²) in [5, 5.41) is 23.3. The molecule has 0 unspecified atom stereocenters. The molecule has 1 aliphatic rings. The first-order chi connectivity index (χ1) is 10.4. The van der Waals surface area contributed by atoms with Crippen molar-refractivity contribution in [3.05, 3.63) is 22.2 Å². The molecule has 0 aliphatic carbocycles. The van der Waals surface area contributed by atoms with E-state index in [-0.39, 0.29) is 23.8 Å². The number of piperazine rings is 1. The first-order valence-corrected chi connectivity index (χ1v) is 8.32. The first-order valence-electron chi connectivity index (χ1n) is 7.52. The maximum absolute atomic E-state index is 10.0. The van der Waals surface area contributed by atoms with Crippen LogP contribution >= 0.6 is 15.9 Å². The van der Waals surface area contributed by atoms with Crippen LogP contribution in [-0.4, -0.2) is 55.0 Å². The van der Waals surface area contributed by atoms with Gasteiger partial charge in [0.1, 0.15) is 0 Å². The SMILES string of the molecule is COc1cc([C@H](N2CCNCC2)C(C)(C)CO)cc(Br)c1O. The lowest BCUT2D eigenvalue weighted by atomic mass is 9.79. The molecule has 22 heavy (non-hydrogen) atoms. The topological polar surface area (TPSA) is 65.0 Å². The first kappa shape index (κ1) is 17.5. The van der Waals surface area contributed by atoms with Crippen LogP contribution in [0, 0.1) is 5.41 Å². The third-order valence-corrected chi connectivity index (χ3v) is 4.86. The Labute approximate surface area is 140 Å². The maximum atomic E-state index is 10.0. The Morgan fingerprint density at radius 2 is 2.00 bits per heavy atom. The van der Waals surface area contributed by atoms with Crippen LogP contribution in [0.3, 0.4) is 0 Å². The highest BCUT2D eigenvalue weighted by Gasteiger charge is 2.36. The Kier molecular flexibility index (Phi) is 5.71. The molecule has 1 aromatic carbocycles. The number of halogens is 1. The van der Waals surface area contributed by atoms with E-state index in [1.54, 1.807) is 7.11 Å². The number of hydrogen-bond donors (Lipinski definition) is 3. The number of methoxy groups -OCH3 is 1. The van der Waals surface area contributed by atoms with Crippen LogP contribution < -0.4 is 10.1 Å². The monoisotopic (exact) mass is 372 g/mol. The number of aromatic hydroxyl groups is 1. The van der Waals surface area contributed by atoms with Gasteiger partial charge in [0.15, 0.2) is 11.5 Å². The molecule has 1 saturated heterocycles. The van der Waals surface area contributed by atoms with Gasteiger partial charge in [-0.1, -0.05) is 13.8 Å². The van der Waals surface area contributed by atoms with Crippen molar-refractivity contribution in [1.82, 2.24) is 10.2 Å². The average Bonchev–Trinajstić information content (AvgIpc) is 2.51. The number of rotatable bonds is 5. The average molecular weight is 373 g/mol. The van der Waals surface area contributed by atoms with Crippen molar-refractivity contribution >= 4 is 15.9 Å². The van der Waals surface area contributed by atoms with Crippen molar-refractivity contribution in [3.8, 4) is 11.5 Å². The molecule has 0 amide bonds. The second kappa shape index (κ2) is 7.17. The summed E-state index contributed by atoms with van der Waals surface area (Å²) in [7, 11) is 1.54. The molecule has 0 bridgehead atoms. The van der Waals surface area contributed by atoms with Crippen LogP contribution in [0.4, 0.5) is 0 Å². The smallest absolute Gasteiger partial charge is 0.172 e. The molecule has 1 atom stereocenters. The van der Waals surface area contributed by atoms with Crippen molar-refractivity contribution in [2.45, 2.75) is 19.9 Å². The molecular formula is C16H25BrN2O3. The number of phenolic OH excluding ortho intramolecular Hbond substituents is 1. The van der Waals surface area contributed by atoms with Crippen molar-refractivity contribution in [3.63, 3.8) is 0 Å². The van der Waals surface area contributed by atoms with Crippen molar-refractivity contribution < 1.29 is 14.9 Å². The third kappa shape index (κ3) is 3.56. The number of nitrogens with zero attached hydrogens (tertiary/aromatic N) is 1. The van der Waals surface area contributed by atoms with Gasteiger partial charge in [-0.2, -0.15) is 0 Å². The minimum Gasteiger partial charge on any atom is -0.503 e. The molecule has 0 spiro atoms. The molecule has 0 radical (unpaired) electrons. The third-order valence-electron chi connectivity index (χ3n) is 4.25. The van der Waals surface area contributed by atoms with Gasteiger partial charge in [0.25, 0.3) is 0 Å². The molecule has 6 heteroatoms. The van der Waals surface area contributed by atoms with E-state index < -0.39 is 0 Å². The van der Waals surface area contributed by atoms with Gasteiger partial charge in [-0.15, -0.1) is 0 Å². The second-order valence-corrected chi connectivity index (χ2v) is 7.24. The number of hydrogen-bond acceptors (Lipinski definition) is 5. The molecule has 1 heterocycles. The largest absolute Gasteiger partial charge is 0.503 e. The van der Waals surface area contributed by atoms with Gasteiger partial charge in [-0.3, -0.25) is 4.90 Å². The van der Waals surface area contributed by atoms with Gasteiger partial charge in [-0.05, 0) is 33.6 Å². The summed E-state index contributed by atoms with van der Waals surface area (Å²) in [5.41, 5.74) is 0.723. The zero-order valence-electron chi connectivity index (χ0n) is 13.4. The molecule has 0 aromatic heterocycles. The Hall–Kier alpha value is -0.820. The summed E-state index contributed by atoms with van der Waals surface area (Å²) in [6, 6.07) is 3.83. The van der Waals surface area contributed by atoms with E-state index in [9.17, 15) is 10.2 Å². The summed E-state index contributed by atoms with van der Waals surface area (Å²) in [4.78, 5) is 2.38. The number of phenols is 1. The van der Waals surface area contributed by atoms with Gasteiger partial charge >= 0.3 is 0 Å². The summed E-state index contributed by atoms with van der Waals surface area (Å²) in [6.07, 6.45) is 0. The molecule has 1 aliphatic heterocycles. The van der Waals surface area contributed by atoms with Crippen LogP contribution in [0.2, 0.25) is 0 Å². The number of nitrogens with one attached hydrogen (secondary N) is 1. The molecule has 0 saturated carbocycles. The van der Waals surface area contributed by atoms with Crippen LogP contribution in [0.25, 0.3) is 0 Å². The standard InChI is InChI=1S/C16H25BrN2O3/c1-16(2,10-20)15(19-6-4-18-5-7-19)11-8-12(17)14(21)13(9-11)22-3/h8-9,15,18,20-21H,4-7,10H2,1-3H3/t15-/m0/s1. The highest BCUT2D eigenvalue weighted by atomic mass is 79.9. The normalized spacial score (nSPS) is 18.2. The van der Waals surface area contributed by atoms with E-state index in [1.807, 2.05) is 12.1 Å². The predicted octanol–water partition coefficient (Wildman–Crippen LogP) is 2.13. The summed E-state index contributed by atoms with van der Waals surface area (Å²) in [5.74, 6) is 0.547. The number of benzene rings is 1. The predicted molar refractivity (Wildman–Crippen MR) is 90.4 cm³/mol. The lowest BCUT2D eigenvalue weighted by molar-refractivity contribution is 0.0303. The number of ether oxygens (including phenoxy) is 1. The van der Waals surface area contributed by atoms with E-state index in [4.69, 9.17) is 4.74 Å². The quantitative estimate of drug-likeness (QED) is 0.738. The maximum Gasteiger partial charge on any atom is 0.172 e. The van der Waals surface area contributed by atoms with E-state index in [0.29, 0.717) is 10.2 Å². The Morgan fingerprint density at radius 3 is 2.55 bits per heavy atom. The van der Waals surface area contributed by atoms with Crippen molar-refractivity contribution in [1.29, 1.82) is 0 Å². The van der Waals surface area contributed by atoms with Crippen LogP contribution in [0.15, 0.2) is 16.6 Å². The molecule has 1 fully saturated rings. The Balaban J connectivity index is 2.46. The lowest BCUT2D eigenvalue weighted by Crippen LogP contribution is -2.49. The highest BCUT2D eigenvalue weighted by Crippen LogP contribution is 2.43. The van der Waals surface area contributed by atoms with E-state index in [1.165, 1.54) is 0 Å². The number of aliphatic hydroxyl groups excluding tert-OH is 1. The summed E-state index contributed by atoms with van der Waals surface area (Å²) < 4.78 is 5.88. The fourth-order valence-corrected chi connectivity index (χ4v) is 3.55. The minimum absolute atomic E-state index is 0.0467. The van der Waals surface area contributed by atoms with Gasteiger partial charge in [0.2, 0.25) is 0 Å². The fourth-order valence-electron chi connectivity index (χ4n) is 3.09. The molecule has 3 N–H and O–H groups in total. The molecule has 124 valence electrons. The van der Waals surface area contributed by atoms with Crippen molar-refractivity contribution in [2.24, 2.45) is 5.41 Å². The molecular weight excluding hydrogens is 348 g/mol. The van der Waals surface area contributed by atoms with E-state index in [0.717, 1.165) is 31.7 Å². The van der Waals surface area contributed by atoms with Gasteiger partial charge in [0, 0.05) is 44.2 Å². The Bertz CT molecular complexity index is 516. The van der Waals surface area contributed by atoms with Gasteiger partial charge in [0.05, 0.1) is 11.6 Å². The van der Waals surface area contributed by atoms with Gasteiger partial charge in [-0.25, -0.2) is 0 Å². The van der Waals surface area contributed by atoms with Crippen molar-refractivity contribution in [2.75, 3.05) is 39.9 Å². The number of aliphatic hydroxyl groups is 1. The van der Waals surface area contributed by atoms with E-state index >= 15 is 0 Å². The molecule has 1 aromatic rings. The zero-order chi connectivity index (χ0) is 16.3. The minimum atomic E-state index is -0.307. The molecule has 2 rings (SSSR count). The highest BCUT2D eigenvalue weighted by molar-refractivity contribution is 9.10. The Morgan fingerprint density at radius 1 is 1.36 bits per heavy atom. The van der Waals surface area contributed by atoms with E-state index in [2.05, 4.69) is 40.0 Å². The van der Waals surface area contributed by atoms with Crippen LogP contribution in [0.5, 0.6) is 11.5 Å². The van der Waals surface area contributed by atoms with Gasteiger partial charge < -0.3 is 20.3 Å². The van der Waals surface area contributed by atoms with Crippen LogP contribution in [-0.2, 0) is 0 Å². The fraction of sp³-hybridized carbons (Fsp3) is 0.625. The summed E-state index contributed by atoms with van der Waals surface area (Å²) >= 11 is 3.40. The van der Waals surface area contributed by atoms with Crippen LogP contribution in [0.1, 0.15) is 25.5 Å². The molecule has 5 nitrogen and oxygen atoms in total. The lowest BCUT2D eigenvalue weighted by Gasteiger charge is -2.43. The zero-order valence-corrected chi connectivity index (χ0v) is 15.0. The second-order valence-electron chi connectivity index (χ2n) is 6.39. The summed E-state index contributed by atoms with van der Waals surface area (Å²) in [6.45, 7) is 7.94.